The van der Waals surface area contributed by atoms with E-state index in [-0.39, 0.29) is 22.6 Å². The van der Waals surface area contributed by atoms with E-state index in [1.54, 1.807) is 24.3 Å². The fraction of sp³-hybridized carbons (Fsp3) is 0.278. The summed E-state index contributed by atoms with van der Waals surface area (Å²) in [6, 6.07) is 10.3. The van der Waals surface area contributed by atoms with Gasteiger partial charge >= 0.3 is 0 Å². The minimum atomic E-state index is -3.71. The number of amides is 1. The van der Waals surface area contributed by atoms with Crippen molar-refractivity contribution in [2.24, 2.45) is 5.14 Å². The van der Waals surface area contributed by atoms with Gasteiger partial charge in [0.25, 0.3) is 0 Å². The summed E-state index contributed by atoms with van der Waals surface area (Å²) in [5, 5.41) is 18.4. The van der Waals surface area contributed by atoms with Crippen molar-refractivity contribution in [3.63, 3.8) is 0 Å². The molecule has 1 aliphatic heterocycles. The number of hydrazine groups is 1. The third kappa shape index (κ3) is 5.00. The molecule has 150 valence electrons. The van der Waals surface area contributed by atoms with Gasteiger partial charge in [-0.05, 0) is 48.7 Å². The number of nitrogens with one attached hydrogen (secondary N) is 3. The molecule has 0 radical (unpaired) electrons. The molecule has 1 saturated heterocycles. The van der Waals surface area contributed by atoms with Crippen LogP contribution in [0.2, 0.25) is 5.02 Å². The number of halogens is 1. The van der Waals surface area contributed by atoms with Crippen LogP contribution in [0.25, 0.3) is 0 Å². The van der Waals surface area contributed by atoms with E-state index >= 15 is 0 Å². The van der Waals surface area contributed by atoms with E-state index in [1.165, 1.54) is 18.2 Å². The minimum Gasteiger partial charge on any atom is -0.508 e. The number of phenols is 1. The Hall–Kier alpha value is -2.17. The third-order valence-corrected chi connectivity index (χ3v) is 5.71. The molecule has 2 atom stereocenters. The lowest BCUT2D eigenvalue weighted by Gasteiger charge is -2.12. The van der Waals surface area contributed by atoms with E-state index in [1.807, 2.05) is 0 Å². The van der Waals surface area contributed by atoms with Gasteiger partial charge in [0.1, 0.15) is 11.8 Å². The van der Waals surface area contributed by atoms with Gasteiger partial charge in [0.2, 0.25) is 15.9 Å². The van der Waals surface area contributed by atoms with Gasteiger partial charge in [0, 0.05) is 17.1 Å². The van der Waals surface area contributed by atoms with Gasteiger partial charge in [-0.15, -0.1) is 0 Å². The van der Waals surface area contributed by atoms with E-state index in [0.717, 1.165) is 5.56 Å². The number of carbonyl (C=O) groups is 1. The quantitative estimate of drug-likeness (QED) is 0.469. The summed E-state index contributed by atoms with van der Waals surface area (Å²) < 4.78 is 22.5. The highest BCUT2D eigenvalue weighted by atomic mass is 35.5. The zero-order valence-electron chi connectivity index (χ0n) is 14.9. The van der Waals surface area contributed by atoms with E-state index in [9.17, 15) is 18.3 Å². The summed E-state index contributed by atoms with van der Waals surface area (Å²) in [5.41, 5.74) is 7.44. The predicted molar refractivity (Wildman–Crippen MR) is 105 cm³/mol. The Morgan fingerprint density at radius 2 is 1.93 bits per heavy atom. The SMILES string of the molecule is NS(=O)(=O)c1ccc(CCNC(=O)C2CC(c3cc(Cl)ccc3O)NN2)cc1. The van der Waals surface area contributed by atoms with Crippen LogP contribution in [0.15, 0.2) is 47.4 Å². The molecule has 0 aliphatic carbocycles. The highest BCUT2D eigenvalue weighted by Gasteiger charge is 2.31. The Morgan fingerprint density at radius 3 is 2.61 bits per heavy atom. The molecule has 0 saturated carbocycles. The number of hydrogen-bond acceptors (Lipinski definition) is 6. The third-order valence-electron chi connectivity index (χ3n) is 4.55. The topological polar surface area (TPSA) is 134 Å². The van der Waals surface area contributed by atoms with E-state index in [0.29, 0.717) is 30.0 Å². The van der Waals surface area contributed by atoms with Crippen LogP contribution in [-0.2, 0) is 21.2 Å². The number of nitrogens with two attached hydrogens (primary N) is 1. The number of phenolic OH excluding ortho intramolecular Hbond substituents is 1. The Kier molecular flexibility index (Phi) is 6.21. The molecule has 2 unspecified atom stereocenters. The molecule has 1 amide bonds. The second kappa shape index (κ2) is 8.46. The van der Waals surface area contributed by atoms with Crippen LogP contribution in [0.4, 0.5) is 0 Å². The van der Waals surface area contributed by atoms with Gasteiger partial charge < -0.3 is 10.4 Å². The van der Waals surface area contributed by atoms with Crippen LogP contribution < -0.4 is 21.3 Å². The first-order valence-electron chi connectivity index (χ1n) is 8.63. The molecular formula is C18H21ClN4O4S. The fourth-order valence-corrected chi connectivity index (χ4v) is 3.73. The molecule has 6 N–H and O–H groups in total. The maximum atomic E-state index is 12.4. The van der Waals surface area contributed by atoms with Gasteiger partial charge in [-0.25, -0.2) is 24.4 Å². The molecule has 10 heteroatoms. The average Bonchev–Trinajstić information content (AvgIpc) is 3.13. The summed E-state index contributed by atoms with van der Waals surface area (Å²) in [6.07, 6.45) is 1.01. The molecule has 2 aromatic rings. The lowest BCUT2D eigenvalue weighted by atomic mass is 10.0. The maximum Gasteiger partial charge on any atom is 0.238 e. The Labute approximate surface area is 168 Å². The zero-order valence-corrected chi connectivity index (χ0v) is 16.4. The molecule has 2 aromatic carbocycles. The maximum absolute atomic E-state index is 12.4. The molecule has 8 nitrogen and oxygen atoms in total. The first kappa shape index (κ1) is 20.6. The summed E-state index contributed by atoms with van der Waals surface area (Å²) in [4.78, 5) is 12.4. The smallest absolute Gasteiger partial charge is 0.238 e. The number of rotatable bonds is 6. The van der Waals surface area contributed by atoms with Crippen molar-refractivity contribution >= 4 is 27.5 Å². The highest BCUT2D eigenvalue weighted by molar-refractivity contribution is 7.89. The number of primary sulfonamides is 1. The van der Waals surface area contributed by atoms with Gasteiger partial charge in [0.05, 0.1) is 10.9 Å². The van der Waals surface area contributed by atoms with Crippen molar-refractivity contribution < 1.29 is 18.3 Å². The van der Waals surface area contributed by atoms with Gasteiger partial charge in [-0.2, -0.15) is 0 Å². The largest absolute Gasteiger partial charge is 0.508 e. The Morgan fingerprint density at radius 1 is 1.21 bits per heavy atom. The standard InChI is InChI=1S/C18H21ClN4O4S/c19-12-3-6-17(24)14(9-12)15-10-16(23-22-15)18(25)21-8-7-11-1-4-13(5-2-11)28(20,26)27/h1-6,9,15-16,22-24H,7-8,10H2,(H,21,25)(H2,20,26,27). The highest BCUT2D eigenvalue weighted by Crippen LogP contribution is 2.31. The average molecular weight is 425 g/mol. The van der Waals surface area contributed by atoms with Crippen molar-refractivity contribution in [3.8, 4) is 5.75 Å². The molecule has 1 fully saturated rings. The second-order valence-electron chi connectivity index (χ2n) is 6.56. The van der Waals surface area contributed by atoms with Crippen LogP contribution in [0, 0.1) is 0 Å². The summed E-state index contributed by atoms with van der Waals surface area (Å²) >= 11 is 5.98. The second-order valence-corrected chi connectivity index (χ2v) is 8.56. The van der Waals surface area contributed by atoms with Crippen molar-refractivity contribution in [1.82, 2.24) is 16.2 Å². The number of benzene rings is 2. The van der Waals surface area contributed by atoms with Gasteiger partial charge in [-0.3, -0.25) is 4.79 Å². The lowest BCUT2D eigenvalue weighted by Crippen LogP contribution is -2.43. The lowest BCUT2D eigenvalue weighted by molar-refractivity contribution is -0.122. The number of hydrogen-bond donors (Lipinski definition) is 5. The monoisotopic (exact) mass is 424 g/mol. The molecule has 28 heavy (non-hydrogen) atoms. The summed E-state index contributed by atoms with van der Waals surface area (Å²) in [5.74, 6) is -0.0506. The van der Waals surface area contributed by atoms with Crippen LogP contribution in [0.3, 0.4) is 0 Å². The first-order valence-corrected chi connectivity index (χ1v) is 10.6. The predicted octanol–water partition coefficient (Wildman–Crippen LogP) is 0.959. The van der Waals surface area contributed by atoms with Crippen molar-refractivity contribution in [1.29, 1.82) is 0 Å². The molecule has 0 spiro atoms. The molecule has 3 rings (SSSR count). The molecule has 0 aromatic heterocycles. The Bertz CT molecular complexity index is 966. The number of carbonyl (C=O) groups excluding carboxylic acids is 1. The van der Waals surface area contributed by atoms with E-state index in [4.69, 9.17) is 16.7 Å². The van der Waals surface area contributed by atoms with Gasteiger partial charge in [-0.1, -0.05) is 23.7 Å². The van der Waals surface area contributed by atoms with E-state index < -0.39 is 16.1 Å². The first-order chi connectivity index (χ1) is 13.2. The number of aromatic hydroxyl groups is 1. The van der Waals surface area contributed by atoms with Crippen LogP contribution >= 0.6 is 11.6 Å². The van der Waals surface area contributed by atoms with Gasteiger partial charge in [0.15, 0.2) is 0 Å². The molecule has 0 bridgehead atoms. The van der Waals surface area contributed by atoms with Crippen molar-refractivity contribution in [2.75, 3.05) is 6.54 Å². The molecular weight excluding hydrogens is 404 g/mol. The summed E-state index contributed by atoms with van der Waals surface area (Å²) in [6.45, 7) is 0.402. The Balaban J connectivity index is 1.50. The normalized spacial score (nSPS) is 19.5. The zero-order chi connectivity index (χ0) is 20.3. The van der Waals surface area contributed by atoms with Crippen molar-refractivity contribution in [3.05, 3.63) is 58.6 Å². The number of sulfonamides is 1. The molecule has 1 heterocycles. The van der Waals surface area contributed by atoms with E-state index in [2.05, 4.69) is 16.2 Å². The summed E-state index contributed by atoms with van der Waals surface area (Å²) in [7, 11) is -3.71. The van der Waals surface area contributed by atoms with Crippen LogP contribution in [-0.4, -0.2) is 32.0 Å². The fourth-order valence-electron chi connectivity index (χ4n) is 3.04. The molecule has 1 aliphatic rings. The van der Waals surface area contributed by atoms with Crippen molar-refractivity contribution in [2.45, 2.75) is 29.8 Å². The van der Waals surface area contributed by atoms with Crippen LogP contribution in [0.1, 0.15) is 23.6 Å². The minimum absolute atomic E-state index is 0.0526. The van der Waals surface area contributed by atoms with Crippen LogP contribution in [0.5, 0.6) is 5.75 Å².